The average Bonchev–Trinajstić information content (AvgIpc) is 2.36. The Morgan fingerprint density at radius 1 is 1.67 bits per heavy atom. The van der Waals surface area contributed by atoms with Gasteiger partial charge in [0, 0.05) is 11.8 Å². The Labute approximate surface area is 68.7 Å². The smallest absolute Gasteiger partial charge is 0.388 e. The Kier molecular flexibility index (Phi) is 3.01. The van der Waals surface area contributed by atoms with Gasteiger partial charge in [-0.1, -0.05) is 13.3 Å². The molecule has 0 amide bonds. The highest BCUT2D eigenvalue weighted by molar-refractivity contribution is 5.13. The zero-order valence-electron chi connectivity index (χ0n) is 6.68. The third-order valence-electron chi connectivity index (χ3n) is 1.34. The quantitative estimate of drug-likeness (QED) is 0.761. The molecule has 0 aliphatic carbocycles. The second kappa shape index (κ2) is 4.04. The standard InChI is InChI=1S/C7H10F2N2O/c1-2-3-5-4-6(11-10-5)12-7(8)9/h4,7H,2-3H2,1H3,(H,10,11). The highest BCUT2D eigenvalue weighted by atomic mass is 19.3. The second-order valence-corrected chi connectivity index (χ2v) is 2.36. The lowest BCUT2D eigenvalue weighted by Crippen LogP contribution is -2.01. The van der Waals surface area contributed by atoms with Crippen molar-refractivity contribution in [3.8, 4) is 5.88 Å². The maximum atomic E-state index is 11.6. The number of H-pyrrole nitrogens is 1. The summed E-state index contributed by atoms with van der Waals surface area (Å²) in [4.78, 5) is 0. The molecule has 1 rings (SSSR count). The molecule has 1 aromatic heterocycles. The van der Waals surface area contributed by atoms with Crippen LogP contribution in [0.1, 0.15) is 19.0 Å². The lowest BCUT2D eigenvalue weighted by molar-refractivity contribution is -0.0528. The summed E-state index contributed by atoms with van der Waals surface area (Å²) in [6, 6.07) is 1.48. The van der Waals surface area contributed by atoms with Gasteiger partial charge in [0.2, 0.25) is 5.88 Å². The first-order chi connectivity index (χ1) is 5.72. The van der Waals surface area contributed by atoms with E-state index in [0.717, 1.165) is 18.5 Å². The first-order valence-electron chi connectivity index (χ1n) is 3.71. The minimum atomic E-state index is -2.80. The Morgan fingerprint density at radius 3 is 3.00 bits per heavy atom. The Hall–Kier alpha value is -1.13. The van der Waals surface area contributed by atoms with E-state index < -0.39 is 6.61 Å². The molecule has 0 fully saturated rings. The van der Waals surface area contributed by atoms with E-state index >= 15 is 0 Å². The monoisotopic (exact) mass is 176 g/mol. The normalized spacial score (nSPS) is 10.7. The molecule has 0 bridgehead atoms. The van der Waals surface area contributed by atoms with Crippen LogP contribution in [0.25, 0.3) is 0 Å². The van der Waals surface area contributed by atoms with E-state index in [2.05, 4.69) is 14.9 Å². The van der Waals surface area contributed by atoms with Crippen molar-refractivity contribution in [1.29, 1.82) is 0 Å². The molecule has 0 aromatic carbocycles. The molecule has 0 aliphatic heterocycles. The van der Waals surface area contributed by atoms with Gasteiger partial charge in [-0.05, 0) is 6.42 Å². The molecule has 0 spiro atoms. The van der Waals surface area contributed by atoms with Crippen LogP contribution in [-0.2, 0) is 6.42 Å². The van der Waals surface area contributed by atoms with Crippen LogP contribution in [0.2, 0.25) is 0 Å². The molecule has 0 atom stereocenters. The number of nitrogens with zero attached hydrogens (tertiary/aromatic N) is 1. The number of halogens is 2. The molecule has 1 N–H and O–H groups in total. The van der Waals surface area contributed by atoms with Crippen LogP contribution < -0.4 is 4.74 Å². The van der Waals surface area contributed by atoms with Crippen molar-refractivity contribution in [1.82, 2.24) is 10.2 Å². The van der Waals surface area contributed by atoms with Crippen LogP contribution in [0.4, 0.5) is 8.78 Å². The molecular formula is C7H10F2N2O. The van der Waals surface area contributed by atoms with Gasteiger partial charge in [-0.3, -0.25) is 5.10 Å². The van der Waals surface area contributed by atoms with E-state index in [0.29, 0.717) is 0 Å². The van der Waals surface area contributed by atoms with Gasteiger partial charge in [-0.15, -0.1) is 5.10 Å². The number of hydrogen-bond donors (Lipinski definition) is 1. The van der Waals surface area contributed by atoms with E-state index in [4.69, 9.17) is 0 Å². The molecule has 5 heteroatoms. The topological polar surface area (TPSA) is 37.9 Å². The van der Waals surface area contributed by atoms with Gasteiger partial charge < -0.3 is 4.74 Å². The fourth-order valence-electron chi connectivity index (χ4n) is 0.890. The predicted molar refractivity (Wildman–Crippen MR) is 39.2 cm³/mol. The minimum absolute atomic E-state index is 0.0477. The van der Waals surface area contributed by atoms with Crippen LogP contribution >= 0.6 is 0 Å². The summed E-state index contributed by atoms with van der Waals surface area (Å²) >= 11 is 0. The van der Waals surface area contributed by atoms with E-state index in [1.807, 2.05) is 6.92 Å². The fraction of sp³-hybridized carbons (Fsp3) is 0.571. The van der Waals surface area contributed by atoms with E-state index in [1.165, 1.54) is 6.07 Å². The van der Waals surface area contributed by atoms with E-state index in [9.17, 15) is 8.78 Å². The van der Waals surface area contributed by atoms with Gasteiger partial charge in [0.1, 0.15) is 0 Å². The molecule has 12 heavy (non-hydrogen) atoms. The highest BCUT2D eigenvalue weighted by Crippen LogP contribution is 2.12. The van der Waals surface area contributed by atoms with E-state index in [-0.39, 0.29) is 5.88 Å². The summed E-state index contributed by atoms with van der Waals surface area (Å²) in [5.74, 6) is -0.0477. The predicted octanol–water partition coefficient (Wildman–Crippen LogP) is 1.96. The van der Waals surface area contributed by atoms with Crippen molar-refractivity contribution in [3.63, 3.8) is 0 Å². The number of aromatic amines is 1. The molecule has 0 saturated carbocycles. The van der Waals surface area contributed by atoms with Crippen LogP contribution in [0.15, 0.2) is 6.07 Å². The van der Waals surface area contributed by atoms with Gasteiger partial charge in [-0.25, -0.2) is 0 Å². The SMILES string of the molecule is CCCc1cc(OC(F)F)n[nH]1. The van der Waals surface area contributed by atoms with Crippen LogP contribution in [0.3, 0.4) is 0 Å². The van der Waals surface area contributed by atoms with Crippen molar-refractivity contribution in [2.45, 2.75) is 26.4 Å². The molecule has 0 aliphatic rings. The van der Waals surface area contributed by atoms with Crippen LogP contribution in [0, 0.1) is 0 Å². The molecule has 0 unspecified atom stereocenters. The summed E-state index contributed by atoms with van der Waals surface area (Å²) in [5, 5.41) is 6.15. The van der Waals surface area contributed by atoms with Crippen molar-refractivity contribution >= 4 is 0 Å². The number of aromatic nitrogens is 2. The van der Waals surface area contributed by atoms with Crippen molar-refractivity contribution < 1.29 is 13.5 Å². The average molecular weight is 176 g/mol. The number of ether oxygens (including phenoxy) is 1. The molecule has 1 heterocycles. The third kappa shape index (κ3) is 2.48. The summed E-state index contributed by atoms with van der Waals surface area (Å²) in [6.45, 7) is -0.808. The van der Waals surface area contributed by atoms with Gasteiger partial charge >= 0.3 is 6.61 Å². The second-order valence-electron chi connectivity index (χ2n) is 2.36. The first kappa shape index (κ1) is 8.96. The zero-order chi connectivity index (χ0) is 8.97. The summed E-state index contributed by atoms with van der Waals surface area (Å²) < 4.78 is 27.3. The first-order valence-corrected chi connectivity index (χ1v) is 3.71. The molecule has 0 radical (unpaired) electrons. The lowest BCUT2D eigenvalue weighted by Gasteiger charge is -1.96. The van der Waals surface area contributed by atoms with Crippen molar-refractivity contribution in [2.75, 3.05) is 0 Å². The lowest BCUT2D eigenvalue weighted by atomic mass is 10.3. The molecule has 0 saturated heterocycles. The Morgan fingerprint density at radius 2 is 2.42 bits per heavy atom. The number of rotatable bonds is 4. The number of aryl methyl sites for hydroxylation is 1. The number of alkyl halides is 2. The van der Waals surface area contributed by atoms with Gasteiger partial charge in [-0.2, -0.15) is 8.78 Å². The van der Waals surface area contributed by atoms with Crippen LogP contribution in [0.5, 0.6) is 5.88 Å². The zero-order valence-corrected chi connectivity index (χ0v) is 6.68. The highest BCUT2D eigenvalue weighted by Gasteiger charge is 2.07. The summed E-state index contributed by atoms with van der Waals surface area (Å²) in [6.07, 6.45) is 1.73. The van der Waals surface area contributed by atoms with Crippen LogP contribution in [-0.4, -0.2) is 16.8 Å². The third-order valence-corrected chi connectivity index (χ3v) is 1.34. The number of nitrogens with one attached hydrogen (secondary N) is 1. The summed E-state index contributed by atoms with van der Waals surface area (Å²) in [5.41, 5.74) is 0.813. The molecule has 68 valence electrons. The molecule has 3 nitrogen and oxygen atoms in total. The summed E-state index contributed by atoms with van der Waals surface area (Å²) in [7, 11) is 0. The number of hydrogen-bond acceptors (Lipinski definition) is 2. The Balaban J connectivity index is 2.52. The van der Waals surface area contributed by atoms with Gasteiger partial charge in [0.05, 0.1) is 0 Å². The maximum Gasteiger partial charge on any atom is 0.388 e. The molecule has 1 aromatic rings. The van der Waals surface area contributed by atoms with Gasteiger partial charge in [0.25, 0.3) is 0 Å². The van der Waals surface area contributed by atoms with Crippen molar-refractivity contribution in [2.24, 2.45) is 0 Å². The minimum Gasteiger partial charge on any atom is -0.415 e. The Bertz CT molecular complexity index is 237. The van der Waals surface area contributed by atoms with E-state index in [1.54, 1.807) is 0 Å². The fourth-order valence-corrected chi connectivity index (χ4v) is 0.890. The van der Waals surface area contributed by atoms with Crippen molar-refractivity contribution in [3.05, 3.63) is 11.8 Å². The molecular weight excluding hydrogens is 166 g/mol. The largest absolute Gasteiger partial charge is 0.415 e. The van der Waals surface area contributed by atoms with Gasteiger partial charge in [0.15, 0.2) is 0 Å². The maximum absolute atomic E-state index is 11.6.